The maximum absolute atomic E-state index is 11.5. The third kappa shape index (κ3) is 4.73. The largest absolute Gasteiger partial charge is 0.481 e. The van der Waals surface area contributed by atoms with Crippen LogP contribution >= 0.6 is 0 Å². The number of benzene rings is 1. The van der Waals surface area contributed by atoms with Crippen LogP contribution in [0.4, 0.5) is 5.69 Å². The summed E-state index contributed by atoms with van der Waals surface area (Å²) >= 11 is 0. The Bertz CT molecular complexity index is 466. The molecule has 0 heterocycles. The summed E-state index contributed by atoms with van der Waals surface area (Å²) in [7, 11) is 0. The van der Waals surface area contributed by atoms with Gasteiger partial charge in [0.1, 0.15) is 6.42 Å². The molecule has 19 heavy (non-hydrogen) atoms. The molecule has 1 aromatic carbocycles. The molecule has 0 N–H and O–H groups in total. The fraction of sp³-hybridized carbons (Fsp3) is 0.467. The van der Waals surface area contributed by atoms with Gasteiger partial charge in [-0.25, -0.2) is 4.99 Å². The highest BCUT2D eigenvalue weighted by Crippen LogP contribution is 2.22. The molecule has 0 spiro atoms. The van der Waals surface area contributed by atoms with Crippen molar-refractivity contribution in [2.24, 2.45) is 4.99 Å². The van der Waals surface area contributed by atoms with Crippen molar-refractivity contribution in [3.63, 3.8) is 0 Å². The maximum atomic E-state index is 11.5. The van der Waals surface area contributed by atoms with E-state index < -0.39 is 0 Å². The molecule has 0 saturated heterocycles. The first-order valence-electron chi connectivity index (χ1n) is 6.50. The van der Waals surface area contributed by atoms with Crippen LogP contribution in [0.1, 0.15) is 31.4 Å². The lowest BCUT2D eigenvalue weighted by Gasteiger charge is -2.09. The van der Waals surface area contributed by atoms with E-state index in [9.17, 15) is 4.79 Å². The number of carbonyl (C=O) groups excluding carboxylic acids is 1. The smallest absolute Gasteiger partial charge is 0.315 e. The standard InChI is InChI=1S/C15H21NO3/c1-5-18-14(10-15(17)19-6-2)16-13-9-7-8-11(3)12(13)4/h7-9H,5-6,10H2,1-4H3/b16-14-. The van der Waals surface area contributed by atoms with E-state index in [4.69, 9.17) is 9.47 Å². The van der Waals surface area contributed by atoms with Crippen molar-refractivity contribution in [3.8, 4) is 0 Å². The van der Waals surface area contributed by atoms with Gasteiger partial charge in [-0.15, -0.1) is 0 Å². The van der Waals surface area contributed by atoms with Gasteiger partial charge in [0.15, 0.2) is 5.90 Å². The summed E-state index contributed by atoms with van der Waals surface area (Å²) in [4.78, 5) is 15.9. The molecule has 0 bridgehead atoms. The van der Waals surface area contributed by atoms with Crippen molar-refractivity contribution in [2.45, 2.75) is 34.1 Å². The molecule has 4 nitrogen and oxygen atoms in total. The van der Waals surface area contributed by atoms with Gasteiger partial charge in [-0.3, -0.25) is 4.79 Å². The second-order valence-corrected chi connectivity index (χ2v) is 4.14. The van der Waals surface area contributed by atoms with Crippen molar-refractivity contribution in [1.82, 2.24) is 0 Å². The molecule has 0 aliphatic heterocycles. The minimum Gasteiger partial charge on any atom is -0.481 e. The van der Waals surface area contributed by atoms with Crippen LogP contribution in [-0.4, -0.2) is 25.1 Å². The molecule has 104 valence electrons. The first-order chi connectivity index (χ1) is 9.08. The number of esters is 1. The quantitative estimate of drug-likeness (QED) is 0.465. The first-order valence-corrected chi connectivity index (χ1v) is 6.50. The number of nitrogens with zero attached hydrogens (tertiary/aromatic N) is 1. The van der Waals surface area contributed by atoms with Gasteiger partial charge in [-0.2, -0.15) is 0 Å². The Morgan fingerprint density at radius 2 is 1.84 bits per heavy atom. The van der Waals surface area contributed by atoms with Gasteiger partial charge in [-0.1, -0.05) is 12.1 Å². The highest BCUT2D eigenvalue weighted by atomic mass is 16.5. The molecule has 0 saturated carbocycles. The Morgan fingerprint density at radius 3 is 2.47 bits per heavy atom. The van der Waals surface area contributed by atoms with Gasteiger partial charge >= 0.3 is 5.97 Å². The molecule has 0 aromatic heterocycles. The fourth-order valence-electron chi connectivity index (χ4n) is 1.62. The normalized spacial score (nSPS) is 11.3. The monoisotopic (exact) mass is 263 g/mol. The molecule has 1 rings (SSSR count). The van der Waals surface area contributed by atoms with Crippen molar-refractivity contribution in [1.29, 1.82) is 0 Å². The molecule has 4 heteroatoms. The maximum Gasteiger partial charge on any atom is 0.315 e. The van der Waals surface area contributed by atoms with E-state index in [1.165, 1.54) is 0 Å². The van der Waals surface area contributed by atoms with Gasteiger partial charge in [0.2, 0.25) is 0 Å². The molecular weight excluding hydrogens is 242 g/mol. The zero-order valence-corrected chi connectivity index (χ0v) is 12.0. The van der Waals surface area contributed by atoms with E-state index in [-0.39, 0.29) is 12.4 Å². The summed E-state index contributed by atoms with van der Waals surface area (Å²) in [6.45, 7) is 8.51. The van der Waals surface area contributed by atoms with E-state index in [2.05, 4.69) is 4.99 Å². The topological polar surface area (TPSA) is 47.9 Å². The van der Waals surface area contributed by atoms with Crippen LogP contribution in [-0.2, 0) is 14.3 Å². The van der Waals surface area contributed by atoms with E-state index in [1.54, 1.807) is 6.92 Å². The van der Waals surface area contributed by atoms with Crippen LogP contribution in [0, 0.1) is 13.8 Å². The van der Waals surface area contributed by atoms with Gasteiger partial charge in [0.25, 0.3) is 0 Å². The average Bonchev–Trinajstić information content (AvgIpc) is 2.35. The van der Waals surface area contributed by atoms with Crippen LogP contribution < -0.4 is 0 Å². The molecule has 0 aliphatic carbocycles. The Kier molecular flexibility index (Phi) is 6.06. The SMILES string of the molecule is CCOC(=O)C/C(=N/c1cccc(C)c1C)OCC. The lowest BCUT2D eigenvalue weighted by atomic mass is 10.1. The number of carbonyl (C=O) groups is 1. The van der Waals surface area contributed by atoms with Gasteiger partial charge in [-0.05, 0) is 44.9 Å². The van der Waals surface area contributed by atoms with Crippen LogP contribution in [0.3, 0.4) is 0 Å². The third-order valence-electron chi connectivity index (χ3n) is 2.73. The molecule has 0 fully saturated rings. The summed E-state index contributed by atoms with van der Waals surface area (Å²) in [6, 6.07) is 5.88. The number of hydrogen-bond donors (Lipinski definition) is 0. The molecular formula is C15H21NO3. The van der Waals surface area contributed by atoms with Gasteiger partial charge < -0.3 is 9.47 Å². The van der Waals surface area contributed by atoms with Crippen molar-refractivity contribution < 1.29 is 14.3 Å². The predicted octanol–water partition coefficient (Wildman–Crippen LogP) is 3.32. The summed E-state index contributed by atoms with van der Waals surface area (Å²) < 4.78 is 10.3. The highest BCUT2D eigenvalue weighted by molar-refractivity contribution is 5.95. The van der Waals surface area contributed by atoms with Crippen LogP contribution in [0.2, 0.25) is 0 Å². The van der Waals surface area contributed by atoms with Crippen LogP contribution in [0.15, 0.2) is 23.2 Å². The summed E-state index contributed by atoms with van der Waals surface area (Å²) in [5, 5.41) is 0. The zero-order chi connectivity index (χ0) is 14.3. The number of aryl methyl sites for hydroxylation is 1. The van der Waals surface area contributed by atoms with Crippen molar-refractivity contribution >= 4 is 17.6 Å². The minimum atomic E-state index is -0.319. The van der Waals surface area contributed by atoms with Gasteiger partial charge in [0, 0.05) is 0 Å². The summed E-state index contributed by atoms with van der Waals surface area (Å²) in [6.07, 6.45) is 0.0645. The third-order valence-corrected chi connectivity index (χ3v) is 2.73. The lowest BCUT2D eigenvalue weighted by Crippen LogP contribution is -2.14. The van der Waals surface area contributed by atoms with Crippen molar-refractivity contribution in [2.75, 3.05) is 13.2 Å². The Morgan fingerprint density at radius 1 is 1.16 bits per heavy atom. The van der Waals surface area contributed by atoms with E-state index >= 15 is 0 Å². The zero-order valence-electron chi connectivity index (χ0n) is 12.0. The summed E-state index contributed by atoms with van der Waals surface area (Å²) in [5.74, 6) is 0.0784. The lowest BCUT2D eigenvalue weighted by molar-refractivity contribution is -0.141. The van der Waals surface area contributed by atoms with Crippen LogP contribution in [0.5, 0.6) is 0 Å². The molecule has 1 aromatic rings. The van der Waals surface area contributed by atoms with Crippen LogP contribution in [0.25, 0.3) is 0 Å². The number of rotatable bonds is 5. The molecule has 0 amide bonds. The molecule has 0 atom stereocenters. The molecule has 0 unspecified atom stereocenters. The van der Waals surface area contributed by atoms with Crippen molar-refractivity contribution in [3.05, 3.63) is 29.3 Å². The number of aliphatic imine (C=N–C) groups is 1. The number of hydrogen-bond acceptors (Lipinski definition) is 4. The Labute approximate surface area is 114 Å². The molecule has 0 aliphatic rings. The van der Waals surface area contributed by atoms with E-state index in [1.807, 2.05) is 39.0 Å². The minimum absolute atomic E-state index is 0.0645. The molecule has 0 radical (unpaired) electrons. The second-order valence-electron chi connectivity index (χ2n) is 4.14. The average molecular weight is 263 g/mol. The van der Waals surface area contributed by atoms with Gasteiger partial charge in [0.05, 0.1) is 18.9 Å². The summed E-state index contributed by atoms with van der Waals surface area (Å²) in [5.41, 5.74) is 3.07. The van der Waals surface area contributed by atoms with E-state index in [0.717, 1.165) is 16.8 Å². The fourth-order valence-corrected chi connectivity index (χ4v) is 1.62. The predicted molar refractivity (Wildman–Crippen MR) is 75.9 cm³/mol. The Hall–Kier alpha value is -1.84. The Balaban J connectivity index is 2.94. The highest BCUT2D eigenvalue weighted by Gasteiger charge is 2.10. The number of ether oxygens (including phenoxy) is 2. The second kappa shape index (κ2) is 7.56. The first kappa shape index (κ1) is 15.2. The van der Waals surface area contributed by atoms with E-state index in [0.29, 0.717) is 19.1 Å².